The van der Waals surface area contributed by atoms with Crippen molar-refractivity contribution in [1.29, 1.82) is 0 Å². The normalized spacial score (nSPS) is 15.1. The van der Waals surface area contributed by atoms with Gasteiger partial charge in [0.25, 0.3) is 0 Å². The second-order valence-corrected chi connectivity index (χ2v) is 5.33. The number of rotatable bonds is 6. The van der Waals surface area contributed by atoms with Gasteiger partial charge in [-0.05, 0) is 32.3 Å². The summed E-state index contributed by atoms with van der Waals surface area (Å²) in [5.74, 6) is 0.155. The molecule has 1 N–H and O–H groups in total. The van der Waals surface area contributed by atoms with E-state index in [4.69, 9.17) is 0 Å². The Morgan fingerprint density at radius 2 is 2.00 bits per heavy atom. The van der Waals surface area contributed by atoms with Crippen LogP contribution in [0.25, 0.3) is 0 Å². The Balaban J connectivity index is 1.88. The zero-order valence-corrected chi connectivity index (χ0v) is 11.2. The molecule has 1 aromatic carbocycles. The number of benzene rings is 1. The molecule has 1 aliphatic rings. The molecule has 1 aromatic rings. The van der Waals surface area contributed by atoms with E-state index in [-0.39, 0.29) is 5.91 Å². The lowest BCUT2D eigenvalue weighted by molar-refractivity contribution is -0.123. The first-order valence-corrected chi connectivity index (χ1v) is 6.72. The van der Waals surface area contributed by atoms with Gasteiger partial charge in [0.05, 0.1) is 6.54 Å². The zero-order valence-electron chi connectivity index (χ0n) is 11.2. The molecule has 1 fully saturated rings. The van der Waals surface area contributed by atoms with E-state index < -0.39 is 0 Å². The van der Waals surface area contributed by atoms with E-state index in [1.54, 1.807) is 0 Å². The van der Waals surface area contributed by atoms with Gasteiger partial charge in [-0.3, -0.25) is 9.69 Å². The monoisotopic (exact) mass is 246 g/mol. The SMILES string of the molecule is CC(C)N(CC(=O)NC1CC1)Cc1ccccc1. The third-order valence-electron chi connectivity index (χ3n) is 3.25. The van der Waals surface area contributed by atoms with Crippen LogP contribution < -0.4 is 5.32 Å². The highest BCUT2D eigenvalue weighted by atomic mass is 16.2. The molecule has 0 radical (unpaired) electrons. The van der Waals surface area contributed by atoms with Crippen molar-refractivity contribution in [2.75, 3.05) is 6.54 Å². The van der Waals surface area contributed by atoms with Crippen molar-refractivity contribution in [3.8, 4) is 0 Å². The van der Waals surface area contributed by atoms with E-state index in [1.165, 1.54) is 5.56 Å². The van der Waals surface area contributed by atoms with Gasteiger partial charge in [0, 0.05) is 18.6 Å². The Bertz CT molecular complexity index is 385. The zero-order chi connectivity index (χ0) is 13.0. The fourth-order valence-electron chi connectivity index (χ4n) is 1.92. The van der Waals surface area contributed by atoms with Crippen LogP contribution in [-0.2, 0) is 11.3 Å². The fourth-order valence-corrected chi connectivity index (χ4v) is 1.92. The molecule has 1 aliphatic carbocycles. The van der Waals surface area contributed by atoms with Crippen LogP contribution in [0.1, 0.15) is 32.3 Å². The molecule has 3 nitrogen and oxygen atoms in total. The number of carbonyl (C=O) groups excluding carboxylic acids is 1. The lowest BCUT2D eigenvalue weighted by Crippen LogP contribution is -2.41. The summed E-state index contributed by atoms with van der Waals surface area (Å²) in [6, 6.07) is 11.1. The maximum absolute atomic E-state index is 11.8. The minimum Gasteiger partial charge on any atom is -0.352 e. The van der Waals surface area contributed by atoms with Gasteiger partial charge < -0.3 is 5.32 Å². The van der Waals surface area contributed by atoms with Crippen molar-refractivity contribution in [3.05, 3.63) is 35.9 Å². The number of nitrogens with one attached hydrogen (secondary N) is 1. The summed E-state index contributed by atoms with van der Waals surface area (Å²) in [5, 5.41) is 3.04. The molecule has 0 unspecified atom stereocenters. The number of amides is 1. The average Bonchev–Trinajstić information content (AvgIpc) is 3.13. The molecule has 0 aliphatic heterocycles. The van der Waals surface area contributed by atoms with Gasteiger partial charge in [0.15, 0.2) is 0 Å². The Labute approximate surface area is 109 Å². The number of hydrogen-bond acceptors (Lipinski definition) is 2. The molecule has 0 bridgehead atoms. The molecule has 1 amide bonds. The molecule has 98 valence electrons. The van der Waals surface area contributed by atoms with Crippen LogP contribution in [-0.4, -0.2) is 29.4 Å². The van der Waals surface area contributed by atoms with E-state index in [1.807, 2.05) is 18.2 Å². The Morgan fingerprint density at radius 3 is 2.56 bits per heavy atom. The Morgan fingerprint density at radius 1 is 1.33 bits per heavy atom. The predicted octanol–water partition coefficient (Wildman–Crippen LogP) is 2.18. The highest BCUT2D eigenvalue weighted by Gasteiger charge is 2.24. The van der Waals surface area contributed by atoms with Crippen LogP contribution in [0.3, 0.4) is 0 Å². The minimum atomic E-state index is 0.155. The summed E-state index contributed by atoms with van der Waals surface area (Å²) in [6.45, 7) is 5.58. The van der Waals surface area contributed by atoms with Crippen molar-refractivity contribution >= 4 is 5.91 Å². The van der Waals surface area contributed by atoms with Gasteiger partial charge >= 0.3 is 0 Å². The molecule has 0 saturated heterocycles. The highest BCUT2D eigenvalue weighted by molar-refractivity contribution is 5.78. The summed E-state index contributed by atoms with van der Waals surface area (Å²) >= 11 is 0. The van der Waals surface area contributed by atoms with Crippen molar-refractivity contribution in [2.45, 2.75) is 45.3 Å². The third kappa shape index (κ3) is 4.15. The number of hydrogen-bond donors (Lipinski definition) is 1. The first-order chi connectivity index (χ1) is 8.65. The second-order valence-electron chi connectivity index (χ2n) is 5.33. The van der Waals surface area contributed by atoms with E-state index in [9.17, 15) is 4.79 Å². The topological polar surface area (TPSA) is 32.3 Å². The predicted molar refractivity (Wildman–Crippen MR) is 73.2 cm³/mol. The number of carbonyl (C=O) groups is 1. The van der Waals surface area contributed by atoms with Gasteiger partial charge in [-0.15, -0.1) is 0 Å². The lowest BCUT2D eigenvalue weighted by atomic mass is 10.2. The van der Waals surface area contributed by atoms with Gasteiger partial charge in [-0.1, -0.05) is 30.3 Å². The maximum atomic E-state index is 11.8. The summed E-state index contributed by atoms with van der Waals surface area (Å²) in [6.07, 6.45) is 2.29. The summed E-state index contributed by atoms with van der Waals surface area (Å²) in [5.41, 5.74) is 1.26. The minimum absolute atomic E-state index is 0.155. The Hall–Kier alpha value is -1.35. The average molecular weight is 246 g/mol. The summed E-state index contributed by atoms with van der Waals surface area (Å²) in [7, 11) is 0. The molecular formula is C15H22N2O. The molecule has 18 heavy (non-hydrogen) atoms. The van der Waals surface area contributed by atoms with Gasteiger partial charge in [0.2, 0.25) is 5.91 Å². The van der Waals surface area contributed by atoms with E-state index in [2.05, 4.69) is 36.2 Å². The molecule has 3 heteroatoms. The standard InChI is InChI=1S/C15H22N2O/c1-12(2)17(10-13-6-4-3-5-7-13)11-15(18)16-14-8-9-14/h3-7,12,14H,8-11H2,1-2H3,(H,16,18). The van der Waals surface area contributed by atoms with Crippen LogP contribution in [0.5, 0.6) is 0 Å². The summed E-state index contributed by atoms with van der Waals surface area (Å²) < 4.78 is 0. The van der Waals surface area contributed by atoms with Crippen LogP contribution in [0, 0.1) is 0 Å². The highest BCUT2D eigenvalue weighted by Crippen LogP contribution is 2.18. The van der Waals surface area contributed by atoms with Crippen molar-refractivity contribution in [3.63, 3.8) is 0 Å². The van der Waals surface area contributed by atoms with E-state index in [0.29, 0.717) is 18.6 Å². The van der Waals surface area contributed by atoms with Crippen LogP contribution >= 0.6 is 0 Å². The molecule has 0 heterocycles. The number of nitrogens with zero attached hydrogens (tertiary/aromatic N) is 1. The van der Waals surface area contributed by atoms with Crippen molar-refractivity contribution in [1.82, 2.24) is 10.2 Å². The molecule has 0 spiro atoms. The lowest BCUT2D eigenvalue weighted by Gasteiger charge is -2.25. The molecular weight excluding hydrogens is 224 g/mol. The van der Waals surface area contributed by atoms with Gasteiger partial charge in [-0.25, -0.2) is 0 Å². The van der Waals surface area contributed by atoms with Crippen molar-refractivity contribution < 1.29 is 4.79 Å². The van der Waals surface area contributed by atoms with Gasteiger partial charge in [0.1, 0.15) is 0 Å². The maximum Gasteiger partial charge on any atom is 0.234 e. The first kappa shape index (κ1) is 13.1. The Kier molecular flexibility index (Phi) is 4.37. The molecule has 2 rings (SSSR count). The molecule has 1 saturated carbocycles. The fraction of sp³-hybridized carbons (Fsp3) is 0.533. The first-order valence-electron chi connectivity index (χ1n) is 6.72. The molecule has 0 atom stereocenters. The van der Waals surface area contributed by atoms with Crippen LogP contribution in [0.2, 0.25) is 0 Å². The summed E-state index contributed by atoms with van der Waals surface area (Å²) in [4.78, 5) is 14.0. The smallest absolute Gasteiger partial charge is 0.234 e. The van der Waals surface area contributed by atoms with E-state index in [0.717, 1.165) is 19.4 Å². The van der Waals surface area contributed by atoms with Crippen LogP contribution in [0.4, 0.5) is 0 Å². The van der Waals surface area contributed by atoms with E-state index >= 15 is 0 Å². The third-order valence-corrected chi connectivity index (χ3v) is 3.25. The molecule has 0 aromatic heterocycles. The van der Waals surface area contributed by atoms with Crippen LogP contribution in [0.15, 0.2) is 30.3 Å². The largest absolute Gasteiger partial charge is 0.352 e. The quantitative estimate of drug-likeness (QED) is 0.834. The van der Waals surface area contributed by atoms with Gasteiger partial charge in [-0.2, -0.15) is 0 Å². The second kappa shape index (κ2) is 6.01. The van der Waals surface area contributed by atoms with Crippen molar-refractivity contribution in [2.24, 2.45) is 0 Å².